The molecule has 0 unspecified atom stereocenters. The molecule has 3 rings (SSSR count). The first-order valence-corrected chi connectivity index (χ1v) is 8.77. The van der Waals surface area contributed by atoms with Gasteiger partial charge in [-0.15, -0.1) is 0 Å². The SMILES string of the molecule is Cc1nn(C)c(C)c1C(=O)N1CCC(N2CC(F)(F)C[C@H]2CO)CC1. The minimum absolute atomic E-state index is 0.00864. The molecule has 6 nitrogen and oxygen atoms in total. The molecule has 2 saturated heterocycles. The van der Waals surface area contributed by atoms with Gasteiger partial charge in [0.15, 0.2) is 0 Å². The minimum atomic E-state index is -2.73. The van der Waals surface area contributed by atoms with Crippen LogP contribution >= 0.6 is 0 Å². The number of nitrogens with zero attached hydrogens (tertiary/aromatic N) is 4. The molecule has 0 spiro atoms. The summed E-state index contributed by atoms with van der Waals surface area (Å²) in [6.07, 6.45) is 1.02. The van der Waals surface area contributed by atoms with Crippen LogP contribution in [0.25, 0.3) is 0 Å². The maximum Gasteiger partial charge on any atom is 0.262 e. The van der Waals surface area contributed by atoms with E-state index in [1.54, 1.807) is 14.5 Å². The lowest BCUT2D eigenvalue weighted by Crippen LogP contribution is -2.49. The van der Waals surface area contributed by atoms with E-state index in [9.17, 15) is 18.7 Å². The van der Waals surface area contributed by atoms with Gasteiger partial charge in [0.1, 0.15) is 0 Å². The summed E-state index contributed by atoms with van der Waals surface area (Å²) in [5.74, 6) is -2.77. The van der Waals surface area contributed by atoms with Crippen molar-refractivity contribution < 1.29 is 18.7 Å². The number of carbonyl (C=O) groups is 1. The fourth-order valence-corrected chi connectivity index (χ4v) is 4.16. The van der Waals surface area contributed by atoms with Gasteiger partial charge in [-0.3, -0.25) is 14.4 Å². The Morgan fingerprint density at radius 3 is 2.48 bits per heavy atom. The summed E-state index contributed by atoms with van der Waals surface area (Å²) in [5.41, 5.74) is 2.19. The molecule has 1 aromatic heterocycles. The van der Waals surface area contributed by atoms with Crippen molar-refractivity contribution in [3.63, 3.8) is 0 Å². The summed E-state index contributed by atoms with van der Waals surface area (Å²) in [4.78, 5) is 16.3. The molecule has 0 aromatic carbocycles. The standard InChI is InChI=1S/C17H26F2N4O2/c1-11-15(12(2)21(3)20-11)16(25)22-6-4-13(5-7-22)23-10-17(18,19)8-14(23)9-24/h13-14,24H,4-10H2,1-3H3/t14-/m0/s1. The zero-order valence-corrected chi connectivity index (χ0v) is 15.0. The van der Waals surface area contributed by atoms with Crippen molar-refractivity contribution in [1.29, 1.82) is 0 Å². The maximum absolute atomic E-state index is 13.7. The molecule has 25 heavy (non-hydrogen) atoms. The number of hydrogen-bond acceptors (Lipinski definition) is 4. The first kappa shape index (κ1) is 18.3. The molecule has 3 heterocycles. The topological polar surface area (TPSA) is 61.6 Å². The molecule has 1 N–H and O–H groups in total. The summed E-state index contributed by atoms with van der Waals surface area (Å²) in [6.45, 7) is 4.23. The van der Waals surface area contributed by atoms with E-state index in [4.69, 9.17) is 0 Å². The molecule has 0 bridgehead atoms. The van der Waals surface area contributed by atoms with Crippen molar-refractivity contribution >= 4 is 5.91 Å². The molecule has 0 radical (unpaired) electrons. The predicted molar refractivity (Wildman–Crippen MR) is 88.8 cm³/mol. The summed E-state index contributed by atoms with van der Waals surface area (Å²) in [5, 5.41) is 13.7. The fourth-order valence-electron chi connectivity index (χ4n) is 4.16. The third-order valence-corrected chi connectivity index (χ3v) is 5.57. The van der Waals surface area contributed by atoms with E-state index in [0.717, 1.165) is 5.69 Å². The van der Waals surface area contributed by atoms with Gasteiger partial charge in [0.2, 0.25) is 0 Å². The second-order valence-corrected chi connectivity index (χ2v) is 7.26. The number of hydrogen-bond donors (Lipinski definition) is 1. The quantitative estimate of drug-likeness (QED) is 0.888. The van der Waals surface area contributed by atoms with Gasteiger partial charge in [-0.25, -0.2) is 8.78 Å². The third kappa shape index (κ3) is 3.42. The zero-order chi connectivity index (χ0) is 18.4. The average Bonchev–Trinajstić information content (AvgIpc) is 3.02. The minimum Gasteiger partial charge on any atom is -0.395 e. The van der Waals surface area contributed by atoms with Crippen LogP contribution in [0.4, 0.5) is 8.78 Å². The number of aryl methyl sites for hydroxylation is 2. The maximum atomic E-state index is 13.7. The smallest absolute Gasteiger partial charge is 0.262 e. The number of rotatable bonds is 3. The lowest BCUT2D eigenvalue weighted by molar-refractivity contribution is 0.00295. The van der Waals surface area contributed by atoms with Crippen LogP contribution in [0.5, 0.6) is 0 Å². The number of halogens is 2. The molecule has 140 valence electrons. The first-order valence-electron chi connectivity index (χ1n) is 8.77. The van der Waals surface area contributed by atoms with Gasteiger partial charge in [0.25, 0.3) is 11.8 Å². The molecule has 1 atom stereocenters. The average molecular weight is 356 g/mol. The van der Waals surface area contributed by atoms with Crippen LogP contribution < -0.4 is 0 Å². The number of amides is 1. The number of aliphatic hydroxyl groups is 1. The van der Waals surface area contributed by atoms with Crippen LogP contribution in [-0.2, 0) is 7.05 Å². The monoisotopic (exact) mass is 356 g/mol. The fraction of sp³-hybridized carbons (Fsp3) is 0.765. The largest absolute Gasteiger partial charge is 0.395 e. The lowest BCUT2D eigenvalue weighted by atomic mass is 10.0. The molecule has 2 aliphatic heterocycles. The zero-order valence-electron chi connectivity index (χ0n) is 15.0. The Morgan fingerprint density at radius 2 is 1.96 bits per heavy atom. The van der Waals surface area contributed by atoms with Gasteiger partial charge in [-0.05, 0) is 26.7 Å². The third-order valence-electron chi connectivity index (χ3n) is 5.57. The van der Waals surface area contributed by atoms with Crippen LogP contribution in [0, 0.1) is 13.8 Å². The van der Waals surface area contributed by atoms with E-state index in [1.807, 2.05) is 20.9 Å². The Hall–Kier alpha value is -1.54. The van der Waals surface area contributed by atoms with Crippen LogP contribution in [0.15, 0.2) is 0 Å². The highest BCUT2D eigenvalue weighted by Crippen LogP contribution is 2.35. The molecule has 1 amide bonds. The molecular formula is C17H26F2N4O2. The highest BCUT2D eigenvalue weighted by molar-refractivity contribution is 5.96. The summed E-state index contributed by atoms with van der Waals surface area (Å²) >= 11 is 0. The van der Waals surface area contributed by atoms with Crippen LogP contribution in [0.2, 0.25) is 0 Å². The van der Waals surface area contributed by atoms with Crippen LogP contribution in [-0.4, -0.2) is 74.8 Å². The second-order valence-electron chi connectivity index (χ2n) is 7.26. The Kier molecular flexibility index (Phi) is 4.85. The lowest BCUT2D eigenvalue weighted by Gasteiger charge is -2.38. The summed E-state index contributed by atoms with van der Waals surface area (Å²) < 4.78 is 29.1. The molecule has 0 aliphatic carbocycles. The second kappa shape index (κ2) is 6.64. The normalized spacial score (nSPS) is 24.9. The predicted octanol–water partition coefficient (Wildman–Crippen LogP) is 1.34. The van der Waals surface area contributed by atoms with E-state index in [2.05, 4.69) is 5.10 Å². The Bertz CT molecular complexity index is 653. The summed E-state index contributed by atoms with van der Waals surface area (Å²) in [6, 6.07) is -0.490. The molecule has 2 fully saturated rings. The van der Waals surface area contributed by atoms with Crippen molar-refractivity contribution in [1.82, 2.24) is 19.6 Å². The van der Waals surface area contributed by atoms with E-state index in [0.29, 0.717) is 37.2 Å². The number of likely N-dealkylation sites (tertiary alicyclic amines) is 2. The van der Waals surface area contributed by atoms with Gasteiger partial charge < -0.3 is 10.0 Å². The van der Waals surface area contributed by atoms with Crippen molar-refractivity contribution in [3.05, 3.63) is 17.0 Å². The highest BCUT2D eigenvalue weighted by atomic mass is 19.3. The Balaban J connectivity index is 1.65. The molecular weight excluding hydrogens is 330 g/mol. The highest BCUT2D eigenvalue weighted by Gasteiger charge is 2.47. The van der Waals surface area contributed by atoms with Gasteiger partial charge in [0, 0.05) is 44.3 Å². The van der Waals surface area contributed by atoms with E-state index >= 15 is 0 Å². The van der Waals surface area contributed by atoms with Gasteiger partial charge >= 0.3 is 0 Å². The molecule has 0 saturated carbocycles. The number of aromatic nitrogens is 2. The Labute approximate surface area is 146 Å². The van der Waals surface area contributed by atoms with Crippen molar-refractivity contribution in [2.75, 3.05) is 26.2 Å². The number of aliphatic hydroxyl groups excluding tert-OH is 1. The van der Waals surface area contributed by atoms with Crippen molar-refractivity contribution in [2.45, 2.75) is 51.1 Å². The van der Waals surface area contributed by atoms with Gasteiger partial charge in [-0.1, -0.05) is 0 Å². The van der Waals surface area contributed by atoms with Crippen molar-refractivity contribution in [3.8, 4) is 0 Å². The van der Waals surface area contributed by atoms with Crippen LogP contribution in [0.1, 0.15) is 41.0 Å². The van der Waals surface area contributed by atoms with Crippen molar-refractivity contribution in [2.24, 2.45) is 7.05 Å². The molecule has 8 heteroatoms. The van der Waals surface area contributed by atoms with Crippen LogP contribution in [0.3, 0.4) is 0 Å². The summed E-state index contributed by atoms with van der Waals surface area (Å²) in [7, 11) is 1.81. The first-order chi connectivity index (χ1) is 11.7. The molecule has 1 aromatic rings. The van der Waals surface area contributed by atoms with Gasteiger partial charge in [0.05, 0.1) is 24.4 Å². The number of alkyl halides is 2. The van der Waals surface area contributed by atoms with E-state index < -0.39 is 12.0 Å². The number of piperidine rings is 1. The van der Waals surface area contributed by atoms with E-state index in [1.165, 1.54) is 0 Å². The Morgan fingerprint density at radius 1 is 1.32 bits per heavy atom. The molecule has 2 aliphatic rings. The van der Waals surface area contributed by atoms with Gasteiger partial charge in [-0.2, -0.15) is 5.10 Å². The van der Waals surface area contributed by atoms with E-state index in [-0.39, 0.29) is 31.5 Å². The number of carbonyl (C=O) groups excluding carboxylic acids is 1.